The predicted octanol–water partition coefficient (Wildman–Crippen LogP) is 3.28. The third kappa shape index (κ3) is 2.69. The molecule has 1 aromatic carbocycles. The lowest BCUT2D eigenvalue weighted by Crippen LogP contribution is -2.20. The number of hydrogen-bond acceptors (Lipinski definition) is 2. The maximum absolute atomic E-state index is 13.5. The SMILES string of the molecule is Cl.N[C@@H](c1c(F)ccc(F)c1O)C1CCCC1. The van der Waals surface area contributed by atoms with Gasteiger partial charge in [0.15, 0.2) is 11.6 Å². The summed E-state index contributed by atoms with van der Waals surface area (Å²) in [6.07, 6.45) is 3.96. The highest BCUT2D eigenvalue weighted by atomic mass is 35.5. The maximum Gasteiger partial charge on any atom is 0.165 e. The Hall–Kier alpha value is -0.870. The highest BCUT2D eigenvalue weighted by Crippen LogP contribution is 2.39. The van der Waals surface area contributed by atoms with Crippen molar-refractivity contribution in [2.75, 3.05) is 0 Å². The van der Waals surface area contributed by atoms with Crippen LogP contribution >= 0.6 is 12.4 Å². The Morgan fingerprint density at radius 1 is 1.18 bits per heavy atom. The molecule has 0 unspecified atom stereocenters. The zero-order valence-corrected chi connectivity index (χ0v) is 10.1. The van der Waals surface area contributed by atoms with Crippen molar-refractivity contribution in [1.82, 2.24) is 0 Å². The van der Waals surface area contributed by atoms with Gasteiger partial charge < -0.3 is 10.8 Å². The van der Waals surface area contributed by atoms with Crippen molar-refractivity contribution in [3.63, 3.8) is 0 Å². The highest BCUT2D eigenvalue weighted by molar-refractivity contribution is 5.85. The predicted molar refractivity (Wildman–Crippen MR) is 64.2 cm³/mol. The molecule has 0 aliphatic heterocycles. The molecule has 1 aromatic rings. The van der Waals surface area contributed by atoms with E-state index in [0.29, 0.717) is 0 Å². The molecule has 1 aliphatic carbocycles. The lowest BCUT2D eigenvalue weighted by molar-refractivity contribution is 0.377. The zero-order valence-electron chi connectivity index (χ0n) is 9.33. The van der Waals surface area contributed by atoms with E-state index in [4.69, 9.17) is 5.73 Å². The van der Waals surface area contributed by atoms with E-state index in [2.05, 4.69) is 0 Å². The monoisotopic (exact) mass is 263 g/mol. The first-order valence-electron chi connectivity index (χ1n) is 5.53. The van der Waals surface area contributed by atoms with Crippen LogP contribution in [-0.4, -0.2) is 5.11 Å². The third-order valence-electron chi connectivity index (χ3n) is 3.36. The van der Waals surface area contributed by atoms with Gasteiger partial charge in [-0.15, -0.1) is 12.4 Å². The van der Waals surface area contributed by atoms with Gasteiger partial charge in [-0.2, -0.15) is 0 Å². The topological polar surface area (TPSA) is 46.2 Å². The van der Waals surface area contributed by atoms with Gasteiger partial charge in [-0.05, 0) is 30.9 Å². The van der Waals surface area contributed by atoms with Gasteiger partial charge >= 0.3 is 0 Å². The standard InChI is InChI=1S/C12H15F2NO.ClH/c13-8-5-6-9(14)12(16)10(8)11(15)7-3-1-2-4-7;/h5-7,11,16H,1-4,15H2;1H/t11-;/m1./s1. The molecular weight excluding hydrogens is 248 g/mol. The molecule has 0 heterocycles. The second-order valence-electron chi connectivity index (χ2n) is 4.36. The number of benzene rings is 1. The molecule has 17 heavy (non-hydrogen) atoms. The number of rotatable bonds is 2. The molecule has 0 saturated heterocycles. The van der Waals surface area contributed by atoms with E-state index in [1.54, 1.807) is 0 Å². The minimum atomic E-state index is -0.815. The van der Waals surface area contributed by atoms with Crippen LogP contribution in [0.4, 0.5) is 8.78 Å². The molecule has 0 radical (unpaired) electrons. The molecule has 1 atom stereocenters. The van der Waals surface area contributed by atoms with Gasteiger partial charge in [0.2, 0.25) is 0 Å². The molecule has 3 N–H and O–H groups in total. The minimum absolute atomic E-state index is 0. The van der Waals surface area contributed by atoms with Gasteiger partial charge in [-0.1, -0.05) is 12.8 Å². The van der Waals surface area contributed by atoms with Crippen LogP contribution in [-0.2, 0) is 0 Å². The van der Waals surface area contributed by atoms with Crippen LogP contribution in [0.5, 0.6) is 5.75 Å². The van der Waals surface area contributed by atoms with Crippen LogP contribution in [0.2, 0.25) is 0 Å². The van der Waals surface area contributed by atoms with Crippen molar-refractivity contribution in [3.8, 4) is 5.75 Å². The molecule has 2 nitrogen and oxygen atoms in total. The van der Waals surface area contributed by atoms with Crippen LogP contribution in [0.15, 0.2) is 12.1 Å². The van der Waals surface area contributed by atoms with Crippen LogP contribution in [0.25, 0.3) is 0 Å². The smallest absolute Gasteiger partial charge is 0.165 e. The Morgan fingerprint density at radius 2 is 1.71 bits per heavy atom. The lowest BCUT2D eigenvalue weighted by Gasteiger charge is -2.20. The van der Waals surface area contributed by atoms with Crippen molar-refractivity contribution in [1.29, 1.82) is 0 Å². The number of hydrogen-bond donors (Lipinski definition) is 2. The summed E-state index contributed by atoms with van der Waals surface area (Å²) in [4.78, 5) is 0. The average Bonchev–Trinajstić information content (AvgIpc) is 2.77. The molecule has 96 valence electrons. The first kappa shape index (κ1) is 14.2. The summed E-state index contributed by atoms with van der Waals surface area (Å²) in [5, 5.41) is 9.51. The Morgan fingerprint density at radius 3 is 2.29 bits per heavy atom. The second-order valence-corrected chi connectivity index (χ2v) is 4.36. The Balaban J connectivity index is 0.00000144. The maximum atomic E-state index is 13.5. The molecule has 0 aromatic heterocycles. The van der Waals surface area contributed by atoms with Gasteiger partial charge in [-0.3, -0.25) is 0 Å². The van der Waals surface area contributed by atoms with Crippen molar-refractivity contribution >= 4 is 12.4 Å². The number of aromatic hydroxyl groups is 1. The van der Waals surface area contributed by atoms with Gasteiger partial charge in [-0.25, -0.2) is 8.78 Å². The molecule has 2 rings (SSSR count). The Bertz CT molecular complexity index is 394. The van der Waals surface area contributed by atoms with Crippen LogP contribution in [0.3, 0.4) is 0 Å². The summed E-state index contributed by atoms with van der Waals surface area (Å²) < 4.78 is 26.7. The number of phenols is 1. The van der Waals surface area contributed by atoms with Crippen molar-refractivity contribution in [3.05, 3.63) is 29.3 Å². The van der Waals surface area contributed by atoms with Crippen LogP contribution < -0.4 is 5.73 Å². The van der Waals surface area contributed by atoms with Crippen molar-refractivity contribution in [2.45, 2.75) is 31.7 Å². The summed E-state index contributed by atoms with van der Waals surface area (Å²) in [7, 11) is 0. The highest BCUT2D eigenvalue weighted by Gasteiger charge is 2.28. The quantitative estimate of drug-likeness (QED) is 0.860. The molecule has 1 saturated carbocycles. The van der Waals surface area contributed by atoms with E-state index >= 15 is 0 Å². The van der Waals surface area contributed by atoms with E-state index in [-0.39, 0.29) is 23.9 Å². The van der Waals surface area contributed by atoms with Crippen LogP contribution in [0, 0.1) is 17.6 Å². The number of phenolic OH excluding ortho intramolecular Hbond substituents is 1. The first-order valence-corrected chi connectivity index (χ1v) is 5.53. The fourth-order valence-electron chi connectivity index (χ4n) is 2.43. The molecule has 0 amide bonds. The lowest BCUT2D eigenvalue weighted by atomic mass is 9.91. The van der Waals surface area contributed by atoms with E-state index in [9.17, 15) is 13.9 Å². The normalized spacial score (nSPS) is 17.8. The summed E-state index contributed by atoms with van der Waals surface area (Å²) in [5.74, 6) is -1.94. The summed E-state index contributed by atoms with van der Waals surface area (Å²) in [5.41, 5.74) is 5.83. The second kappa shape index (κ2) is 5.65. The molecule has 5 heteroatoms. The first-order chi connectivity index (χ1) is 7.61. The van der Waals surface area contributed by atoms with Gasteiger partial charge in [0.05, 0.1) is 0 Å². The Labute approximate surface area is 105 Å². The van der Waals surface area contributed by atoms with Gasteiger partial charge in [0, 0.05) is 11.6 Å². The summed E-state index contributed by atoms with van der Waals surface area (Å²) in [6, 6.07) is 1.31. The van der Waals surface area contributed by atoms with Crippen molar-refractivity contribution in [2.24, 2.45) is 11.7 Å². The largest absolute Gasteiger partial charge is 0.505 e. The van der Waals surface area contributed by atoms with E-state index in [1.807, 2.05) is 0 Å². The Kier molecular flexibility index (Phi) is 4.71. The van der Waals surface area contributed by atoms with Gasteiger partial charge in [0.25, 0.3) is 0 Å². The van der Waals surface area contributed by atoms with E-state index in [0.717, 1.165) is 37.8 Å². The zero-order chi connectivity index (χ0) is 11.7. The fraction of sp³-hybridized carbons (Fsp3) is 0.500. The van der Waals surface area contributed by atoms with E-state index < -0.39 is 23.4 Å². The number of halogens is 3. The van der Waals surface area contributed by atoms with Crippen LogP contribution in [0.1, 0.15) is 37.3 Å². The third-order valence-corrected chi connectivity index (χ3v) is 3.36. The minimum Gasteiger partial charge on any atom is -0.505 e. The average molecular weight is 264 g/mol. The number of nitrogens with two attached hydrogens (primary N) is 1. The molecule has 1 fully saturated rings. The molecule has 1 aliphatic rings. The molecular formula is C12H16ClF2NO. The summed E-state index contributed by atoms with van der Waals surface area (Å²) in [6.45, 7) is 0. The van der Waals surface area contributed by atoms with Crippen molar-refractivity contribution < 1.29 is 13.9 Å². The van der Waals surface area contributed by atoms with E-state index in [1.165, 1.54) is 0 Å². The fourth-order valence-corrected chi connectivity index (χ4v) is 2.43. The molecule has 0 bridgehead atoms. The molecule has 0 spiro atoms. The summed E-state index contributed by atoms with van der Waals surface area (Å²) >= 11 is 0. The van der Waals surface area contributed by atoms with Gasteiger partial charge in [0.1, 0.15) is 5.82 Å².